The third-order valence-electron chi connectivity index (χ3n) is 10.1. The van der Waals surface area contributed by atoms with Gasteiger partial charge in [0.15, 0.2) is 0 Å². The van der Waals surface area contributed by atoms with Crippen molar-refractivity contribution in [2.24, 2.45) is 23.0 Å². The van der Waals surface area contributed by atoms with E-state index in [2.05, 4.69) is 139 Å². The molecule has 1 aromatic carbocycles. The summed E-state index contributed by atoms with van der Waals surface area (Å²) in [4.78, 5) is 0. The fourth-order valence-corrected chi connectivity index (χ4v) is 7.58. The zero-order chi connectivity index (χ0) is 32.6. The van der Waals surface area contributed by atoms with Crippen molar-refractivity contribution in [2.75, 3.05) is 6.54 Å². The molecule has 4 rings (SSSR count). The van der Waals surface area contributed by atoms with Gasteiger partial charge in [-0.1, -0.05) is 155 Å². The number of nitrogens with two attached hydrogens (primary N) is 1. The summed E-state index contributed by atoms with van der Waals surface area (Å²) >= 11 is 0. The van der Waals surface area contributed by atoms with E-state index in [1.807, 2.05) is 6.08 Å². The van der Waals surface area contributed by atoms with Crippen LogP contribution in [0.15, 0.2) is 162 Å². The lowest BCUT2D eigenvalue weighted by molar-refractivity contribution is 0.444. The van der Waals surface area contributed by atoms with E-state index in [0.29, 0.717) is 12.5 Å². The van der Waals surface area contributed by atoms with Gasteiger partial charge in [0.1, 0.15) is 0 Å². The summed E-state index contributed by atoms with van der Waals surface area (Å²) in [6.45, 7) is 27.5. The average Bonchev–Trinajstić information content (AvgIpc) is 3.13. The third kappa shape index (κ3) is 7.42. The maximum Gasteiger partial charge on any atom is 0.0561 e. The van der Waals surface area contributed by atoms with Crippen molar-refractivity contribution < 1.29 is 0 Å². The molecular weight excluding hydrogens is 542 g/mol. The first-order valence-corrected chi connectivity index (χ1v) is 16.9. The van der Waals surface area contributed by atoms with E-state index in [9.17, 15) is 0 Å². The standard InChI is InChI=1S/C44H55N/c1-9-36(10-2)30-38-31-43(7,8)41-23-14-15-24-42(41)44(38,37-19-12-11-13-20-37)28-17-22-40-34(5)26-25-33(4)39(35(40)6)21-16-18-32(3)27-29-45/h9-13,16-20,22,25-26,28,31-32,39H,1,4-6,14-15,21,23-24,27,29-30,45H2,2-3,7-8H3/b18-16-,28-17-,36-10-,40-22?. The summed E-state index contributed by atoms with van der Waals surface area (Å²) in [7, 11) is 0. The van der Waals surface area contributed by atoms with Crippen LogP contribution in [0.1, 0.15) is 78.2 Å². The van der Waals surface area contributed by atoms with Crippen LogP contribution in [-0.4, -0.2) is 6.54 Å². The molecule has 1 nitrogen and oxygen atoms in total. The van der Waals surface area contributed by atoms with E-state index in [1.54, 1.807) is 11.1 Å². The molecule has 3 atom stereocenters. The number of rotatable bonds is 11. The molecule has 0 saturated carbocycles. The molecule has 0 bridgehead atoms. The topological polar surface area (TPSA) is 26.0 Å². The van der Waals surface area contributed by atoms with Gasteiger partial charge in [-0.25, -0.2) is 0 Å². The highest BCUT2D eigenvalue weighted by Gasteiger charge is 2.45. The van der Waals surface area contributed by atoms with Crippen LogP contribution in [0.2, 0.25) is 0 Å². The number of benzene rings is 1. The first kappa shape index (κ1) is 34.2. The van der Waals surface area contributed by atoms with Crippen molar-refractivity contribution >= 4 is 0 Å². The van der Waals surface area contributed by atoms with Crippen LogP contribution in [-0.2, 0) is 5.41 Å². The SMILES string of the molecule is C=C/C(=C/C)CC1=CC(C)(C)C2=C(CCCC2)C1(/C=C\C=C1C(=C)C=CC(=C)C(C/C=C\C(C)CCN)C1=C)c1ccccc1. The largest absolute Gasteiger partial charge is 0.330 e. The minimum absolute atomic E-state index is 0.0209. The molecule has 1 aromatic rings. The van der Waals surface area contributed by atoms with Crippen molar-refractivity contribution in [1.82, 2.24) is 0 Å². The Balaban J connectivity index is 1.84. The molecule has 3 unspecified atom stereocenters. The zero-order valence-electron chi connectivity index (χ0n) is 28.4. The monoisotopic (exact) mass is 597 g/mol. The highest BCUT2D eigenvalue weighted by molar-refractivity contribution is 5.62. The van der Waals surface area contributed by atoms with Crippen LogP contribution in [0.5, 0.6) is 0 Å². The minimum atomic E-state index is -0.324. The van der Waals surface area contributed by atoms with Crippen LogP contribution in [0.4, 0.5) is 0 Å². The lowest BCUT2D eigenvalue weighted by Gasteiger charge is -2.48. The first-order chi connectivity index (χ1) is 21.6. The Kier molecular flexibility index (Phi) is 11.5. The maximum atomic E-state index is 5.78. The zero-order valence-corrected chi connectivity index (χ0v) is 28.4. The Morgan fingerprint density at radius 1 is 1.04 bits per heavy atom. The van der Waals surface area contributed by atoms with Gasteiger partial charge < -0.3 is 5.73 Å². The van der Waals surface area contributed by atoms with Gasteiger partial charge in [0.2, 0.25) is 0 Å². The van der Waals surface area contributed by atoms with Gasteiger partial charge >= 0.3 is 0 Å². The number of hydrogen-bond donors (Lipinski definition) is 1. The fraction of sp³-hybridized carbons (Fsp3) is 0.364. The van der Waals surface area contributed by atoms with Crippen LogP contribution in [0.3, 0.4) is 0 Å². The minimum Gasteiger partial charge on any atom is -0.330 e. The van der Waals surface area contributed by atoms with Gasteiger partial charge in [0.05, 0.1) is 5.41 Å². The summed E-state index contributed by atoms with van der Waals surface area (Å²) < 4.78 is 0. The van der Waals surface area contributed by atoms with E-state index >= 15 is 0 Å². The second-order valence-electron chi connectivity index (χ2n) is 13.6. The molecule has 0 amide bonds. The fourth-order valence-electron chi connectivity index (χ4n) is 7.58. The maximum absolute atomic E-state index is 5.78. The van der Waals surface area contributed by atoms with Crippen molar-refractivity contribution in [2.45, 2.75) is 78.1 Å². The first-order valence-electron chi connectivity index (χ1n) is 16.9. The van der Waals surface area contributed by atoms with Gasteiger partial charge in [0.25, 0.3) is 0 Å². The molecule has 0 spiro atoms. The molecule has 0 aliphatic heterocycles. The molecule has 0 fully saturated rings. The predicted molar refractivity (Wildman–Crippen MR) is 198 cm³/mol. The number of allylic oxidation sites excluding steroid dienone is 18. The summed E-state index contributed by atoms with van der Waals surface area (Å²) in [5.41, 5.74) is 16.9. The smallest absolute Gasteiger partial charge is 0.0561 e. The van der Waals surface area contributed by atoms with E-state index in [0.717, 1.165) is 54.4 Å². The lowest BCUT2D eigenvalue weighted by atomic mass is 9.55. The number of hydrogen-bond acceptors (Lipinski definition) is 1. The Bertz CT molecular complexity index is 1510. The lowest BCUT2D eigenvalue weighted by Crippen LogP contribution is -2.38. The molecule has 2 N–H and O–H groups in total. The van der Waals surface area contributed by atoms with E-state index < -0.39 is 0 Å². The quantitative estimate of drug-likeness (QED) is 0.199. The third-order valence-corrected chi connectivity index (χ3v) is 10.1. The molecular formula is C44H55N. The summed E-state index contributed by atoms with van der Waals surface area (Å²) in [6, 6.07) is 11.1. The molecule has 0 saturated heterocycles. The predicted octanol–water partition coefficient (Wildman–Crippen LogP) is 11.6. The molecule has 0 radical (unpaired) electrons. The molecule has 3 aliphatic carbocycles. The Morgan fingerprint density at radius 3 is 2.42 bits per heavy atom. The van der Waals surface area contributed by atoms with Crippen molar-refractivity contribution in [3.05, 3.63) is 168 Å². The second-order valence-corrected chi connectivity index (χ2v) is 13.6. The van der Waals surface area contributed by atoms with Gasteiger partial charge in [-0.05, 0) is 97.8 Å². The summed E-state index contributed by atoms with van der Waals surface area (Å²) in [5.74, 6) is 0.596. The molecule has 0 heterocycles. The van der Waals surface area contributed by atoms with Crippen molar-refractivity contribution in [3.8, 4) is 0 Å². The highest BCUT2D eigenvalue weighted by Crippen LogP contribution is 2.56. The van der Waals surface area contributed by atoms with Crippen LogP contribution in [0.25, 0.3) is 0 Å². The van der Waals surface area contributed by atoms with E-state index in [4.69, 9.17) is 5.73 Å². The molecule has 45 heavy (non-hydrogen) atoms. The van der Waals surface area contributed by atoms with Gasteiger partial charge in [-0.2, -0.15) is 0 Å². The molecule has 236 valence electrons. The highest BCUT2D eigenvalue weighted by atomic mass is 14.5. The van der Waals surface area contributed by atoms with Crippen molar-refractivity contribution in [3.63, 3.8) is 0 Å². The molecule has 3 aliphatic rings. The van der Waals surface area contributed by atoms with Crippen LogP contribution < -0.4 is 5.73 Å². The average molecular weight is 598 g/mol. The molecule has 1 heteroatoms. The Morgan fingerprint density at radius 2 is 1.76 bits per heavy atom. The van der Waals surface area contributed by atoms with E-state index in [1.165, 1.54) is 29.6 Å². The summed E-state index contributed by atoms with van der Waals surface area (Å²) in [5, 5.41) is 0. The van der Waals surface area contributed by atoms with Gasteiger partial charge in [0, 0.05) is 11.3 Å². The van der Waals surface area contributed by atoms with Gasteiger partial charge in [-0.3, -0.25) is 0 Å². The Labute approximate surface area is 274 Å². The normalized spacial score (nSPS) is 25.6. The Hall–Kier alpha value is -3.68. The van der Waals surface area contributed by atoms with E-state index in [-0.39, 0.29) is 16.7 Å². The summed E-state index contributed by atoms with van der Waals surface area (Å²) in [6.07, 6.45) is 30.0. The van der Waals surface area contributed by atoms with Crippen molar-refractivity contribution in [1.29, 1.82) is 0 Å². The van der Waals surface area contributed by atoms with Crippen LogP contribution >= 0.6 is 0 Å². The van der Waals surface area contributed by atoms with Gasteiger partial charge in [-0.15, -0.1) is 0 Å². The molecule has 0 aromatic heterocycles. The van der Waals surface area contributed by atoms with Crippen LogP contribution in [0, 0.1) is 17.3 Å². The second kappa shape index (κ2) is 15.1.